The smallest absolute Gasteiger partial charge is 0.224 e. The molecule has 0 aliphatic carbocycles. The van der Waals surface area contributed by atoms with Crippen LogP contribution >= 0.6 is 0 Å². The van der Waals surface area contributed by atoms with Crippen LogP contribution in [-0.2, 0) is 4.79 Å². The van der Waals surface area contributed by atoms with E-state index in [0.717, 1.165) is 30.2 Å². The summed E-state index contributed by atoms with van der Waals surface area (Å²) >= 11 is 0. The summed E-state index contributed by atoms with van der Waals surface area (Å²) in [4.78, 5) is 16.6. The fourth-order valence-electron chi connectivity index (χ4n) is 3.28. The second-order valence-corrected chi connectivity index (χ2v) is 6.59. The van der Waals surface area contributed by atoms with E-state index in [0.29, 0.717) is 31.8 Å². The minimum absolute atomic E-state index is 0.119. The average Bonchev–Trinajstić information content (AvgIpc) is 2.74. The number of nitrogens with zero attached hydrogens (tertiary/aromatic N) is 2. The zero-order valence-corrected chi connectivity index (χ0v) is 16.3. The SMILES string of the molecule is COc1ccc(OC)c(NCCC(=O)N2CCN(c3ccc(F)cc3)CC2)c1. The quantitative estimate of drug-likeness (QED) is 0.792. The van der Waals surface area contributed by atoms with E-state index in [1.54, 1.807) is 26.4 Å². The molecule has 0 spiro atoms. The summed E-state index contributed by atoms with van der Waals surface area (Å²) in [7, 11) is 3.22. The van der Waals surface area contributed by atoms with Gasteiger partial charge in [0.05, 0.1) is 19.9 Å². The average molecular weight is 387 g/mol. The number of rotatable bonds is 7. The summed E-state index contributed by atoms with van der Waals surface area (Å²) in [5.74, 6) is 1.32. The van der Waals surface area contributed by atoms with Crippen LogP contribution in [0, 0.1) is 5.82 Å². The number of hydrogen-bond acceptors (Lipinski definition) is 5. The first-order chi connectivity index (χ1) is 13.6. The maximum Gasteiger partial charge on any atom is 0.224 e. The molecular weight excluding hydrogens is 361 g/mol. The van der Waals surface area contributed by atoms with E-state index >= 15 is 0 Å². The monoisotopic (exact) mass is 387 g/mol. The third kappa shape index (κ3) is 4.85. The number of ether oxygens (including phenoxy) is 2. The van der Waals surface area contributed by atoms with Gasteiger partial charge in [0, 0.05) is 50.9 Å². The Morgan fingerprint density at radius 2 is 1.75 bits per heavy atom. The third-order valence-corrected chi connectivity index (χ3v) is 4.89. The number of methoxy groups -OCH3 is 2. The van der Waals surface area contributed by atoms with Crippen LogP contribution in [0.2, 0.25) is 0 Å². The topological polar surface area (TPSA) is 54.0 Å². The lowest BCUT2D eigenvalue weighted by molar-refractivity contribution is -0.131. The molecule has 6 nitrogen and oxygen atoms in total. The predicted octanol–water partition coefficient (Wildman–Crippen LogP) is 2.99. The Balaban J connectivity index is 1.47. The highest BCUT2D eigenvalue weighted by atomic mass is 19.1. The molecule has 0 bridgehead atoms. The van der Waals surface area contributed by atoms with Crippen molar-refractivity contribution in [3.63, 3.8) is 0 Å². The molecular formula is C21H26FN3O3. The van der Waals surface area contributed by atoms with E-state index < -0.39 is 0 Å². The zero-order chi connectivity index (χ0) is 19.9. The van der Waals surface area contributed by atoms with E-state index in [1.165, 1.54) is 12.1 Å². The highest BCUT2D eigenvalue weighted by Gasteiger charge is 2.21. The van der Waals surface area contributed by atoms with Gasteiger partial charge in [0.25, 0.3) is 0 Å². The Labute approximate surface area is 164 Å². The predicted molar refractivity (Wildman–Crippen MR) is 108 cm³/mol. The Morgan fingerprint density at radius 3 is 2.39 bits per heavy atom. The molecule has 7 heteroatoms. The van der Waals surface area contributed by atoms with Crippen LogP contribution in [-0.4, -0.2) is 57.8 Å². The molecule has 0 aromatic heterocycles. The van der Waals surface area contributed by atoms with Gasteiger partial charge in [-0.2, -0.15) is 0 Å². The van der Waals surface area contributed by atoms with Crippen LogP contribution < -0.4 is 19.7 Å². The summed E-state index contributed by atoms with van der Waals surface area (Å²) < 4.78 is 23.6. The summed E-state index contributed by atoms with van der Waals surface area (Å²) in [6.07, 6.45) is 0.400. The first kappa shape index (κ1) is 19.8. The highest BCUT2D eigenvalue weighted by Crippen LogP contribution is 2.28. The number of piperazine rings is 1. The van der Waals surface area contributed by atoms with Crippen molar-refractivity contribution in [2.24, 2.45) is 0 Å². The van der Waals surface area contributed by atoms with Crippen LogP contribution in [0.3, 0.4) is 0 Å². The van der Waals surface area contributed by atoms with Crippen LogP contribution in [0.4, 0.5) is 15.8 Å². The Morgan fingerprint density at radius 1 is 1.04 bits per heavy atom. The molecule has 28 heavy (non-hydrogen) atoms. The number of hydrogen-bond donors (Lipinski definition) is 1. The molecule has 1 aliphatic heterocycles. The minimum atomic E-state index is -0.238. The van der Waals surface area contributed by atoms with Gasteiger partial charge in [0.15, 0.2) is 0 Å². The van der Waals surface area contributed by atoms with Crippen molar-refractivity contribution < 1.29 is 18.7 Å². The van der Waals surface area contributed by atoms with Gasteiger partial charge in [0.2, 0.25) is 5.91 Å². The molecule has 2 aromatic carbocycles. The second-order valence-electron chi connectivity index (χ2n) is 6.59. The number of carbonyl (C=O) groups excluding carboxylic acids is 1. The van der Waals surface area contributed by atoms with E-state index in [-0.39, 0.29) is 11.7 Å². The van der Waals surface area contributed by atoms with Crippen LogP contribution in [0.25, 0.3) is 0 Å². The first-order valence-electron chi connectivity index (χ1n) is 9.35. The molecule has 0 atom stereocenters. The van der Waals surface area contributed by atoms with Gasteiger partial charge < -0.3 is 24.6 Å². The van der Waals surface area contributed by atoms with Crippen molar-refractivity contribution in [2.75, 3.05) is 57.2 Å². The van der Waals surface area contributed by atoms with Crippen LogP contribution in [0.5, 0.6) is 11.5 Å². The van der Waals surface area contributed by atoms with Crippen molar-refractivity contribution in [3.8, 4) is 11.5 Å². The van der Waals surface area contributed by atoms with Crippen LogP contribution in [0.15, 0.2) is 42.5 Å². The summed E-state index contributed by atoms with van der Waals surface area (Å²) in [5, 5.41) is 3.25. The molecule has 0 unspecified atom stereocenters. The number of anilines is 2. The summed E-state index contributed by atoms with van der Waals surface area (Å²) in [6.45, 7) is 3.33. The van der Waals surface area contributed by atoms with E-state index in [2.05, 4.69) is 10.2 Å². The fourth-order valence-corrected chi connectivity index (χ4v) is 3.28. The molecule has 1 saturated heterocycles. The second kappa shape index (κ2) is 9.30. The Kier molecular flexibility index (Phi) is 6.57. The van der Waals surface area contributed by atoms with Crippen molar-refractivity contribution in [2.45, 2.75) is 6.42 Å². The highest BCUT2D eigenvalue weighted by molar-refractivity contribution is 5.77. The standard InChI is InChI=1S/C21H26FN3O3/c1-27-18-7-8-20(28-2)19(15-18)23-10-9-21(26)25-13-11-24(12-14-25)17-5-3-16(22)4-6-17/h3-8,15,23H,9-14H2,1-2H3. The molecule has 2 aromatic rings. The van der Waals surface area contributed by atoms with Gasteiger partial charge in [0.1, 0.15) is 17.3 Å². The number of halogens is 1. The summed E-state index contributed by atoms with van der Waals surface area (Å²) in [5.41, 5.74) is 1.79. The Bertz CT molecular complexity index is 790. The molecule has 1 amide bonds. The molecule has 0 radical (unpaired) electrons. The van der Waals surface area contributed by atoms with Gasteiger partial charge >= 0.3 is 0 Å². The maximum absolute atomic E-state index is 13.1. The first-order valence-corrected chi connectivity index (χ1v) is 9.35. The van der Waals surface area contributed by atoms with E-state index in [1.807, 2.05) is 23.1 Å². The van der Waals surface area contributed by atoms with Crippen molar-refractivity contribution >= 4 is 17.3 Å². The summed E-state index contributed by atoms with van der Waals surface area (Å²) in [6, 6.07) is 12.0. The van der Waals surface area contributed by atoms with Gasteiger partial charge in [-0.05, 0) is 36.4 Å². The number of benzene rings is 2. The number of amides is 1. The van der Waals surface area contributed by atoms with E-state index in [4.69, 9.17) is 9.47 Å². The van der Waals surface area contributed by atoms with E-state index in [9.17, 15) is 9.18 Å². The van der Waals surface area contributed by atoms with Gasteiger partial charge in [-0.15, -0.1) is 0 Å². The number of nitrogens with one attached hydrogen (secondary N) is 1. The largest absolute Gasteiger partial charge is 0.497 e. The molecule has 0 saturated carbocycles. The van der Waals surface area contributed by atoms with Crippen molar-refractivity contribution in [1.29, 1.82) is 0 Å². The molecule has 1 N–H and O–H groups in total. The number of carbonyl (C=O) groups is 1. The zero-order valence-electron chi connectivity index (χ0n) is 16.3. The lowest BCUT2D eigenvalue weighted by Gasteiger charge is -2.36. The molecule has 3 rings (SSSR count). The van der Waals surface area contributed by atoms with Crippen molar-refractivity contribution in [3.05, 3.63) is 48.3 Å². The third-order valence-electron chi connectivity index (χ3n) is 4.89. The van der Waals surface area contributed by atoms with Gasteiger partial charge in [-0.1, -0.05) is 0 Å². The molecule has 150 valence electrons. The minimum Gasteiger partial charge on any atom is -0.497 e. The maximum atomic E-state index is 13.1. The lowest BCUT2D eigenvalue weighted by Crippen LogP contribution is -2.49. The Hall–Kier alpha value is -2.96. The molecule has 1 aliphatic rings. The fraction of sp³-hybridized carbons (Fsp3) is 0.381. The normalized spacial score (nSPS) is 14.0. The molecule has 1 heterocycles. The van der Waals surface area contributed by atoms with Crippen molar-refractivity contribution in [1.82, 2.24) is 4.90 Å². The van der Waals surface area contributed by atoms with Crippen LogP contribution in [0.1, 0.15) is 6.42 Å². The van der Waals surface area contributed by atoms with Gasteiger partial charge in [-0.3, -0.25) is 4.79 Å². The van der Waals surface area contributed by atoms with Gasteiger partial charge in [-0.25, -0.2) is 4.39 Å². The molecule has 1 fully saturated rings. The lowest BCUT2D eigenvalue weighted by atomic mass is 10.2.